The molecule has 4 rings (SSSR count). The number of aryl methyl sites for hydroxylation is 1. The lowest BCUT2D eigenvalue weighted by molar-refractivity contribution is 0.101. The molecule has 3 aromatic carbocycles. The molecule has 0 saturated heterocycles. The van der Waals surface area contributed by atoms with E-state index in [1.165, 1.54) is 0 Å². The smallest absolute Gasteiger partial charge is 0.273 e. The summed E-state index contributed by atoms with van der Waals surface area (Å²) in [6, 6.07) is 27.3. The van der Waals surface area contributed by atoms with Gasteiger partial charge in [0.05, 0.1) is 5.56 Å². The number of fused-ring (bicyclic) bond motifs is 1. The zero-order chi connectivity index (χ0) is 19.3. The average molecular weight is 364 g/mol. The van der Waals surface area contributed by atoms with Gasteiger partial charge in [0.1, 0.15) is 5.69 Å². The minimum Gasteiger partial charge on any atom is -0.336 e. The molecule has 0 spiro atoms. The van der Waals surface area contributed by atoms with Crippen LogP contribution in [0.4, 0.5) is 5.69 Å². The van der Waals surface area contributed by atoms with E-state index in [1.807, 2.05) is 96.4 Å². The van der Waals surface area contributed by atoms with Crippen molar-refractivity contribution >= 4 is 22.5 Å². The van der Waals surface area contributed by atoms with Crippen LogP contribution in [0, 0.1) is 11.8 Å². The second-order valence-electron chi connectivity index (χ2n) is 6.42. The summed E-state index contributed by atoms with van der Waals surface area (Å²) in [7, 11) is 0. The molecule has 0 aliphatic heterocycles. The van der Waals surface area contributed by atoms with Gasteiger partial charge in [-0.1, -0.05) is 66.4 Å². The minimum absolute atomic E-state index is 0.151. The van der Waals surface area contributed by atoms with Crippen LogP contribution in [0.1, 0.15) is 28.5 Å². The molecule has 28 heavy (non-hydrogen) atoms. The van der Waals surface area contributed by atoms with Gasteiger partial charge in [-0.3, -0.25) is 4.79 Å². The van der Waals surface area contributed by atoms with Gasteiger partial charge >= 0.3 is 0 Å². The summed E-state index contributed by atoms with van der Waals surface area (Å²) in [6.45, 7) is 2.73. The largest absolute Gasteiger partial charge is 0.336 e. The number of anilines is 1. The molecule has 0 saturated carbocycles. The monoisotopic (exact) mass is 364 g/mol. The predicted octanol–water partition coefficient (Wildman–Crippen LogP) is 5.31. The molecular formula is C25H20N2O. The molecule has 1 N–H and O–H groups in total. The third-order valence-corrected chi connectivity index (χ3v) is 4.64. The number of para-hydroxylation sites is 2. The number of nitrogens with zero attached hydrogens (tertiary/aromatic N) is 1. The Morgan fingerprint density at radius 1 is 0.857 bits per heavy atom. The van der Waals surface area contributed by atoms with Crippen LogP contribution in [0.3, 0.4) is 0 Å². The van der Waals surface area contributed by atoms with E-state index >= 15 is 0 Å². The highest BCUT2D eigenvalue weighted by Gasteiger charge is 2.21. The van der Waals surface area contributed by atoms with Crippen molar-refractivity contribution < 1.29 is 4.79 Å². The minimum atomic E-state index is -0.151. The number of hydrogen-bond donors (Lipinski definition) is 1. The normalized spacial score (nSPS) is 10.3. The summed E-state index contributed by atoms with van der Waals surface area (Å²) in [5, 5.41) is 4.00. The van der Waals surface area contributed by atoms with Crippen molar-refractivity contribution in [3.05, 3.63) is 102 Å². The van der Waals surface area contributed by atoms with Crippen molar-refractivity contribution in [1.29, 1.82) is 0 Å². The van der Waals surface area contributed by atoms with Gasteiger partial charge in [0.15, 0.2) is 0 Å². The van der Waals surface area contributed by atoms with E-state index in [1.54, 1.807) is 0 Å². The number of rotatable bonds is 3. The van der Waals surface area contributed by atoms with Crippen LogP contribution in [0.5, 0.6) is 0 Å². The van der Waals surface area contributed by atoms with Crippen molar-refractivity contribution in [1.82, 2.24) is 4.57 Å². The first-order valence-corrected chi connectivity index (χ1v) is 9.32. The third kappa shape index (κ3) is 3.41. The zero-order valence-corrected chi connectivity index (χ0v) is 15.6. The zero-order valence-electron chi connectivity index (χ0n) is 15.6. The SMILES string of the molecule is CCn1c(C(=O)Nc2ccccc2)c(C#Cc2ccccc2)c2ccccc21. The van der Waals surface area contributed by atoms with Crippen LogP contribution < -0.4 is 5.32 Å². The van der Waals surface area contributed by atoms with Crippen LogP contribution >= 0.6 is 0 Å². The van der Waals surface area contributed by atoms with Gasteiger partial charge in [0.25, 0.3) is 5.91 Å². The Balaban J connectivity index is 1.86. The molecule has 0 unspecified atom stereocenters. The second-order valence-corrected chi connectivity index (χ2v) is 6.42. The van der Waals surface area contributed by atoms with E-state index in [2.05, 4.69) is 17.2 Å². The number of hydrogen-bond acceptors (Lipinski definition) is 1. The molecule has 0 aliphatic carbocycles. The number of carbonyl (C=O) groups is 1. The van der Waals surface area contributed by atoms with Crippen molar-refractivity contribution in [3.8, 4) is 11.8 Å². The van der Waals surface area contributed by atoms with E-state index < -0.39 is 0 Å². The van der Waals surface area contributed by atoms with Crippen molar-refractivity contribution in [2.75, 3.05) is 5.32 Å². The maximum absolute atomic E-state index is 13.2. The standard InChI is InChI=1S/C25H20N2O/c1-2-27-23-16-10-9-15-21(23)22(18-17-19-11-5-3-6-12-19)24(27)25(28)26-20-13-7-4-8-14-20/h3-16H,2H2,1H3,(H,26,28). The number of aromatic nitrogens is 1. The number of amides is 1. The predicted molar refractivity (Wildman–Crippen MR) is 114 cm³/mol. The fraction of sp³-hybridized carbons (Fsp3) is 0.0800. The second kappa shape index (κ2) is 7.85. The molecule has 0 aliphatic rings. The Labute approximate surface area is 164 Å². The molecule has 0 fully saturated rings. The molecule has 3 nitrogen and oxygen atoms in total. The lowest BCUT2D eigenvalue weighted by atomic mass is 10.1. The first kappa shape index (κ1) is 17.6. The summed E-state index contributed by atoms with van der Waals surface area (Å²) in [5.41, 5.74) is 4.05. The van der Waals surface area contributed by atoms with Crippen LogP contribution in [0.2, 0.25) is 0 Å². The van der Waals surface area contributed by atoms with E-state index in [-0.39, 0.29) is 5.91 Å². The number of benzene rings is 3. The highest BCUT2D eigenvalue weighted by Crippen LogP contribution is 2.26. The van der Waals surface area contributed by atoms with Gasteiger partial charge in [-0.15, -0.1) is 0 Å². The maximum Gasteiger partial charge on any atom is 0.273 e. The highest BCUT2D eigenvalue weighted by atomic mass is 16.2. The molecule has 1 aromatic heterocycles. The number of nitrogens with one attached hydrogen (secondary N) is 1. The Hall–Kier alpha value is -3.77. The fourth-order valence-corrected chi connectivity index (χ4v) is 3.36. The molecular weight excluding hydrogens is 344 g/mol. The Bertz CT molecular complexity index is 1180. The van der Waals surface area contributed by atoms with E-state index in [0.29, 0.717) is 12.2 Å². The lowest BCUT2D eigenvalue weighted by Gasteiger charge is -2.09. The van der Waals surface area contributed by atoms with Crippen LogP contribution in [-0.4, -0.2) is 10.5 Å². The number of carbonyl (C=O) groups excluding carboxylic acids is 1. The molecule has 1 amide bonds. The van der Waals surface area contributed by atoms with Gasteiger partial charge in [-0.2, -0.15) is 0 Å². The third-order valence-electron chi connectivity index (χ3n) is 4.64. The summed E-state index contributed by atoms with van der Waals surface area (Å²) in [6.07, 6.45) is 0. The Morgan fingerprint density at radius 3 is 2.21 bits per heavy atom. The van der Waals surface area contributed by atoms with E-state index in [4.69, 9.17) is 0 Å². The molecule has 4 aromatic rings. The topological polar surface area (TPSA) is 34.0 Å². The Morgan fingerprint density at radius 2 is 1.50 bits per heavy atom. The van der Waals surface area contributed by atoms with Gasteiger partial charge in [0.2, 0.25) is 0 Å². The highest BCUT2D eigenvalue weighted by molar-refractivity contribution is 6.09. The van der Waals surface area contributed by atoms with Crippen LogP contribution in [-0.2, 0) is 6.54 Å². The first-order valence-electron chi connectivity index (χ1n) is 9.32. The van der Waals surface area contributed by atoms with Gasteiger partial charge in [-0.25, -0.2) is 0 Å². The summed E-state index contributed by atoms with van der Waals surface area (Å²) in [5.74, 6) is 6.32. The van der Waals surface area contributed by atoms with Crippen LogP contribution in [0.25, 0.3) is 10.9 Å². The van der Waals surface area contributed by atoms with E-state index in [0.717, 1.165) is 27.7 Å². The first-order chi connectivity index (χ1) is 13.8. The summed E-state index contributed by atoms with van der Waals surface area (Å²) in [4.78, 5) is 13.2. The Kier molecular flexibility index (Phi) is 4.95. The van der Waals surface area contributed by atoms with Gasteiger partial charge in [0, 0.05) is 28.7 Å². The molecule has 3 heteroatoms. The maximum atomic E-state index is 13.2. The van der Waals surface area contributed by atoms with Crippen molar-refractivity contribution in [3.63, 3.8) is 0 Å². The molecule has 0 radical (unpaired) electrons. The quantitative estimate of drug-likeness (QED) is 0.491. The van der Waals surface area contributed by atoms with Gasteiger partial charge in [-0.05, 0) is 37.3 Å². The van der Waals surface area contributed by atoms with Crippen molar-refractivity contribution in [2.45, 2.75) is 13.5 Å². The van der Waals surface area contributed by atoms with Gasteiger partial charge < -0.3 is 9.88 Å². The summed E-state index contributed by atoms with van der Waals surface area (Å²) >= 11 is 0. The molecule has 136 valence electrons. The summed E-state index contributed by atoms with van der Waals surface area (Å²) < 4.78 is 2.03. The average Bonchev–Trinajstić information content (AvgIpc) is 3.07. The van der Waals surface area contributed by atoms with Crippen LogP contribution in [0.15, 0.2) is 84.9 Å². The lowest BCUT2D eigenvalue weighted by Crippen LogP contribution is -2.18. The molecule has 0 bridgehead atoms. The molecule has 0 atom stereocenters. The molecule has 1 heterocycles. The fourth-order valence-electron chi connectivity index (χ4n) is 3.36. The van der Waals surface area contributed by atoms with E-state index in [9.17, 15) is 4.79 Å². The van der Waals surface area contributed by atoms with Crippen molar-refractivity contribution in [2.24, 2.45) is 0 Å².